The first-order valence-corrected chi connectivity index (χ1v) is 9.15. The molecule has 3 aromatic rings. The maximum absolute atomic E-state index is 13.3. The van der Waals surface area contributed by atoms with Crippen molar-refractivity contribution in [2.75, 3.05) is 0 Å². The van der Waals surface area contributed by atoms with Crippen LogP contribution in [0.3, 0.4) is 0 Å². The molecule has 2 aromatic carbocycles. The summed E-state index contributed by atoms with van der Waals surface area (Å²) in [5.74, 6) is -0.463. The van der Waals surface area contributed by atoms with E-state index in [1.54, 1.807) is 24.3 Å². The molecule has 6 nitrogen and oxygen atoms in total. The Morgan fingerprint density at radius 2 is 2.00 bits per heavy atom. The van der Waals surface area contributed by atoms with Crippen LogP contribution in [0.1, 0.15) is 29.2 Å². The number of nitrogens with zero attached hydrogens (tertiary/aromatic N) is 2. The average Bonchev–Trinajstić information content (AvgIpc) is 3.13. The summed E-state index contributed by atoms with van der Waals surface area (Å²) < 4.78 is 45.5. The van der Waals surface area contributed by atoms with E-state index in [-0.39, 0.29) is 17.6 Å². The van der Waals surface area contributed by atoms with E-state index in [1.807, 2.05) is 0 Å². The fourth-order valence-electron chi connectivity index (χ4n) is 3.10. The van der Waals surface area contributed by atoms with Gasteiger partial charge in [0.1, 0.15) is 16.9 Å². The summed E-state index contributed by atoms with van der Waals surface area (Å²) in [5, 5.41) is 7.40. The Morgan fingerprint density at radius 3 is 2.88 bits per heavy atom. The molecular weight excluding hydrogens is 333 g/mol. The van der Waals surface area contributed by atoms with E-state index in [2.05, 4.69) is 19.7 Å². The fourth-order valence-corrected chi connectivity index (χ4v) is 4.48. The topological polar surface area (TPSA) is 85.1 Å². The minimum atomic E-state index is -3.55. The number of aryl methyl sites for hydroxylation is 1. The molecule has 24 heavy (non-hydrogen) atoms. The average molecular weight is 347 g/mol. The van der Waals surface area contributed by atoms with E-state index in [9.17, 15) is 12.8 Å². The van der Waals surface area contributed by atoms with Crippen molar-refractivity contribution in [1.82, 2.24) is 15.0 Å². The standard InChI is InChI=1S/C16H14FN3O3S/c17-12-3-4-13-11(8-12)2-6-14(13)20-24(21,22)9-10-1-5-15-16(7-10)19-23-18-15/h1,3-5,7-8,14,20H,2,6,9H2. The Hall–Kier alpha value is -2.32. The molecule has 124 valence electrons. The predicted molar refractivity (Wildman–Crippen MR) is 85.0 cm³/mol. The summed E-state index contributed by atoms with van der Waals surface area (Å²) in [5.41, 5.74) is 3.40. The predicted octanol–water partition coefficient (Wildman–Crippen LogP) is 2.47. The number of aromatic nitrogens is 2. The van der Waals surface area contributed by atoms with Gasteiger partial charge in [0, 0.05) is 6.04 Å². The molecule has 1 heterocycles. The molecule has 0 bridgehead atoms. The van der Waals surface area contributed by atoms with Gasteiger partial charge in [-0.05, 0) is 64.1 Å². The second-order valence-corrected chi connectivity index (χ2v) is 7.65. The number of halogens is 1. The highest BCUT2D eigenvalue weighted by Gasteiger charge is 2.27. The normalized spacial score (nSPS) is 17.3. The fraction of sp³-hybridized carbons (Fsp3) is 0.250. The summed E-state index contributed by atoms with van der Waals surface area (Å²) in [7, 11) is -3.55. The molecule has 8 heteroatoms. The molecular formula is C16H14FN3O3S. The van der Waals surface area contributed by atoms with Gasteiger partial charge in [-0.2, -0.15) is 0 Å². The number of hydrogen-bond donors (Lipinski definition) is 1. The number of benzene rings is 2. The third-order valence-electron chi connectivity index (χ3n) is 4.18. The van der Waals surface area contributed by atoms with Crippen molar-refractivity contribution in [2.24, 2.45) is 0 Å². The zero-order valence-corrected chi connectivity index (χ0v) is 13.4. The molecule has 0 aliphatic heterocycles. The van der Waals surface area contributed by atoms with Gasteiger partial charge in [0.2, 0.25) is 10.0 Å². The SMILES string of the molecule is O=S(=O)(Cc1ccc2nonc2c1)NC1CCc2cc(F)ccc21. The van der Waals surface area contributed by atoms with Crippen molar-refractivity contribution >= 4 is 21.1 Å². The van der Waals surface area contributed by atoms with Crippen LogP contribution in [0.4, 0.5) is 4.39 Å². The Balaban J connectivity index is 1.54. The van der Waals surface area contributed by atoms with Crippen LogP contribution in [0.15, 0.2) is 41.0 Å². The third kappa shape index (κ3) is 2.90. The van der Waals surface area contributed by atoms with Crippen LogP contribution in [-0.4, -0.2) is 18.7 Å². The van der Waals surface area contributed by atoms with Crippen molar-refractivity contribution in [3.63, 3.8) is 0 Å². The van der Waals surface area contributed by atoms with Crippen molar-refractivity contribution in [3.05, 3.63) is 58.9 Å². The zero-order chi connectivity index (χ0) is 16.7. The molecule has 0 spiro atoms. The van der Waals surface area contributed by atoms with Gasteiger partial charge in [-0.1, -0.05) is 12.1 Å². The molecule has 1 unspecified atom stereocenters. The molecule has 1 N–H and O–H groups in total. The van der Waals surface area contributed by atoms with Crippen LogP contribution in [-0.2, 0) is 22.2 Å². The molecule has 1 aliphatic rings. The highest BCUT2D eigenvalue weighted by molar-refractivity contribution is 7.88. The van der Waals surface area contributed by atoms with Crippen molar-refractivity contribution in [2.45, 2.75) is 24.6 Å². The lowest BCUT2D eigenvalue weighted by atomic mass is 10.1. The largest absolute Gasteiger partial charge is 0.243 e. The lowest BCUT2D eigenvalue weighted by Gasteiger charge is -2.14. The third-order valence-corrected chi connectivity index (χ3v) is 5.54. The quantitative estimate of drug-likeness (QED) is 0.784. The van der Waals surface area contributed by atoms with Crippen molar-refractivity contribution < 1.29 is 17.4 Å². The summed E-state index contributed by atoms with van der Waals surface area (Å²) in [4.78, 5) is 0. The van der Waals surface area contributed by atoms with Crippen LogP contribution < -0.4 is 4.72 Å². The molecule has 0 fully saturated rings. The summed E-state index contributed by atoms with van der Waals surface area (Å²) in [6, 6.07) is 9.16. The van der Waals surface area contributed by atoms with E-state index in [4.69, 9.17) is 0 Å². The highest BCUT2D eigenvalue weighted by Crippen LogP contribution is 2.32. The van der Waals surface area contributed by atoms with Gasteiger partial charge in [0.15, 0.2) is 0 Å². The maximum atomic E-state index is 13.3. The van der Waals surface area contributed by atoms with Gasteiger partial charge in [0.05, 0.1) is 5.75 Å². The van der Waals surface area contributed by atoms with Gasteiger partial charge >= 0.3 is 0 Å². The van der Waals surface area contributed by atoms with Crippen LogP contribution in [0.5, 0.6) is 0 Å². The molecule has 1 atom stereocenters. The first-order valence-electron chi connectivity index (χ1n) is 7.50. The van der Waals surface area contributed by atoms with E-state index in [0.717, 1.165) is 11.1 Å². The molecule has 0 saturated heterocycles. The summed E-state index contributed by atoms with van der Waals surface area (Å²) in [6.07, 6.45) is 1.29. The monoisotopic (exact) mass is 347 g/mol. The summed E-state index contributed by atoms with van der Waals surface area (Å²) in [6.45, 7) is 0. The van der Waals surface area contributed by atoms with E-state index < -0.39 is 10.0 Å². The van der Waals surface area contributed by atoms with E-state index >= 15 is 0 Å². The number of fused-ring (bicyclic) bond motifs is 2. The lowest BCUT2D eigenvalue weighted by Crippen LogP contribution is -2.28. The Morgan fingerprint density at radius 1 is 1.17 bits per heavy atom. The Labute approximate surface area is 137 Å². The van der Waals surface area contributed by atoms with Gasteiger partial charge in [-0.15, -0.1) is 0 Å². The number of sulfonamides is 1. The highest BCUT2D eigenvalue weighted by atomic mass is 32.2. The number of nitrogens with one attached hydrogen (secondary N) is 1. The van der Waals surface area contributed by atoms with Crippen LogP contribution in [0.2, 0.25) is 0 Å². The molecule has 4 rings (SSSR count). The van der Waals surface area contributed by atoms with Gasteiger partial charge in [-0.25, -0.2) is 22.2 Å². The first kappa shape index (κ1) is 15.2. The molecule has 0 saturated carbocycles. The Bertz CT molecular complexity index is 1020. The minimum Gasteiger partial charge on any atom is -0.243 e. The van der Waals surface area contributed by atoms with Crippen molar-refractivity contribution in [3.8, 4) is 0 Å². The number of hydrogen-bond acceptors (Lipinski definition) is 5. The molecule has 1 aliphatic carbocycles. The second-order valence-electron chi connectivity index (χ2n) is 5.90. The first-order chi connectivity index (χ1) is 11.5. The zero-order valence-electron chi connectivity index (χ0n) is 12.6. The number of rotatable bonds is 4. The lowest BCUT2D eigenvalue weighted by molar-refractivity contribution is 0.315. The summed E-state index contributed by atoms with van der Waals surface area (Å²) >= 11 is 0. The molecule has 0 amide bonds. The molecule has 0 radical (unpaired) electrons. The second kappa shape index (κ2) is 5.64. The molecule has 1 aromatic heterocycles. The van der Waals surface area contributed by atoms with Gasteiger partial charge in [-0.3, -0.25) is 0 Å². The van der Waals surface area contributed by atoms with Crippen molar-refractivity contribution in [1.29, 1.82) is 0 Å². The van der Waals surface area contributed by atoms with E-state index in [0.29, 0.717) is 29.4 Å². The van der Waals surface area contributed by atoms with Gasteiger partial charge in [0.25, 0.3) is 0 Å². The Kier molecular flexibility index (Phi) is 3.58. The van der Waals surface area contributed by atoms with Gasteiger partial charge < -0.3 is 0 Å². The van der Waals surface area contributed by atoms with Crippen LogP contribution in [0.25, 0.3) is 11.0 Å². The maximum Gasteiger partial charge on any atom is 0.216 e. The smallest absolute Gasteiger partial charge is 0.216 e. The van der Waals surface area contributed by atoms with E-state index in [1.165, 1.54) is 12.1 Å². The van der Waals surface area contributed by atoms with Crippen LogP contribution in [0, 0.1) is 5.82 Å². The minimum absolute atomic E-state index is 0.164. The van der Waals surface area contributed by atoms with Crippen LogP contribution >= 0.6 is 0 Å².